The van der Waals surface area contributed by atoms with Crippen LogP contribution in [0.4, 0.5) is 0 Å². The Morgan fingerprint density at radius 2 is 0.947 bits per heavy atom. The largest absolute Gasteiger partial charge is 0.481 e. The maximum Gasteiger partial charge on any atom is 0.335 e. The van der Waals surface area contributed by atoms with Gasteiger partial charge in [-0.25, -0.2) is 4.79 Å². The average Bonchev–Trinajstić information content (AvgIpc) is 2.88. The molecule has 0 rings (SSSR count). The second-order valence-electron chi connectivity index (χ2n) is 10.5. The number of carboxylic acid groups (broad SMARTS) is 1. The third-order valence-electron chi connectivity index (χ3n) is 6.73. The molecule has 0 aliphatic heterocycles. The lowest BCUT2D eigenvalue weighted by molar-refractivity contribution is -0.162. The summed E-state index contributed by atoms with van der Waals surface area (Å²) in [7, 11) is 0. The van der Waals surface area contributed by atoms with E-state index in [1.54, 1.807) is 0 Å². The van der Waals surface area contributed by atoms with E-state index in [1.165, 1.54) is 109 Å². The van der Waals surface area contributed by atoms with E-state index in [0.717, 1.165) is 19.3 Å². The number of aliphatic carboxylic acids is 1. The molecule has 0 aliphatic carbocycles. The molecule has 1 unspecified atom stereocenters. The van der Waals surface area contributed by atoms with E-state index in [0.29, 0.717) is 0 Å². The highest BCUT2D eigenvalue weighted by molar-refractivity contribution is 5.80. The minimum absolute atomic E-state index is 0.281. The van der Waals surface area contributed by atoms with Gasteiger partial charge in [-0.3, -0.25) is 9.59 Å². The minimum atomic E-state index is -1.79. The van der Waals surface area contributed by atoms with Crippen LogP contribution in [0.3, 0.4) is 0 Å². The molecule has 0 aromatic rings. The zero-order chi connectivity index (χ0) is 28.3. The summed E-state index contributed by atoms with van der Waals surface area (Å²) in [5.41, 5.74) is 0. The second-order valence-corrected chi connectivity index (χ2v) is 10.5. The van der Waals surface area contributed by atoms with Gasteiger partial charge in [0.15, 0.2) is 6.10 Å². The van der Waals surface area contributed by atoms with E-state index in [4.69, 9.17) is 9.84 Å². The number of carbonyl (C=O) groups is 3. The SMILES string of the molecule is CCCCCCCCCCCCCCCCCCCCCCC(=O)OCC(O)COC(=O)[C@@H](O)CC(=O)O. The Morgan fingerprint density at radius 3 is 1.34 bits per heavy atom. The highest BCUT2D eigenvalue weighted by atomic mass is 16.6. The van der Waals surface area contributed by atoms with Gasteiger partial charge in [-0.05, 0) is 6.42 Å². The van der Waals surface area contributed by atoms with Crippen LogP contribution in [0.15, 0.2) is 0 Å². The van der Waals surface area contributed by atoms with Crippen LogP contribution in [0.2, 0.25) is 0 Å². The number of hydrogen-bond donors (Lipinski definition) is 3. The Kier molecular flexibility index (Phi) is 25.7. The fourth-order valence-corrected chi connectivity index (χ4v) is 4.36. The van der Waals surface area contributed by atoms with Crippen LogP contribution in [0.1, 0.15) is 148 Å². The number of aliphatic hydroxyl groups is 2. The molecule has 0 fully saturated rings. The van der Waals surface area contributed by atoms with Crippen molar-refractivity contribution < 1.29 is 39.2 Å². The van der Waals surface area contributed by atoms with Gasteiger partial charge < -0.3 is 24.8 Å². The van der Waals surface area contributed by atoms with E-state index in [9.17, 15) is 24.6 Å². The molecule has 0 aromatic carbocycles. The molecule has 3 N–H and O–H groups in total. The lowest BCUT2D eigenvalue weighted by Crippen LogP contribution is -2.31. The van der Waals surface area contributed by atoms with Crippen molar-refractivity contribution in [1.29, 1.82) is 0 Å². The molecule has 224 valence electrons. The predicted molar refractivity (Wildman–Crippen MR) is 149 cm³/mol. The Hall–Kier alpha value is -1.67. The summed E-state index contributed by atoms with van der Waals surface area (Å²) in [6.45, 7) is 1.47. The van der Waals surface area contributed by atoms with Gasteiger partial charge >= 0.3 is 17.9 Å². The van der Waals surface area contributed by atoms with E-state index < -0.39 is 43.1 Å². The number of carboxylic acids is 1. The highest BCUT2D eigenvalue weighted by Gasteiger charge is 2.21. The molecule has 0 radical (unpaired) electrons. The van der Waals surface area contributed by atoms with Crippen LogP contribution < -0.4 is 0 Å². The first kappa shape index (κ1) is 36.3. The topological polar surface area (TPSA) is 130 Å². The molecule has 0 aromatic heterocycles. The summed E-state index contributed by atoms with van der Waals surface area (Å²) in [5, 5.41) is 27.5. The first-order chi connectivity index (χ1) is 18.4. The maximum absolute atomic E-state index is 11.8. The van der Waals surface area contributed by atoms with Crippen molar-refractivity contribution in [2.45, 2.75) is 160 Å². The zero-order valence-electron chi connectivity index (χ0n) is 24.0. The standard InChI is InChI=1S/C30H56O8/c1-2-3-4-5-6-7-8-9-10-11-12-13-14-15-16-17-18-19-20-21-22-29(35)37-24-26(31)25-38-30(36)27(32)23-28(33)34/h26-27,31-32H,2-25H2,1H3,(H,33,34)/t26?,27-/m0/s1. The van der Waals surface area contributed by atoms with Gasteiger partial charge in [0.2, 0.25) is 0 Å². The normalized spacial score (nSPS) is 12.7. The molecule has 38 heavy (non-hydrogen) atoms. The van der Waals surface area contributed by atoms with Crippen LogP contribution in [0, 0.1) is 0 Å². The predicted octanol–water partition coefficient (Wildman–Crippen LogP) is 6.48. The van der Waals surface area contributed by atoms with E-state index in [-0.39, 0.29) is 13.0 Å². The summed E-state index contributed by atoms with van der Waals surface area (Å²) in [6, 6.07) is 0. The van der Waals surface area contributed by atoms with Gasteiger partial charge in [0.1, 0.15) is 19.3 Å². The van der Waals surface area contributed by atoms with Crippen molar-refractivity contribution in [2.75, 3.05) is 13.2 Å². The summed E-state index contributed by atoms with van der Waals surface area (Å²) in [5.74, 6) is -2.89. The smallest absolute Gasteiger partial charge is 0.335 e. The molecule has 0 bridgehead atoms. The lowest BCUT2D eigenvalue weighted by atomic mass is 10.0. The average molecular weight is 545 g/mol. The van der Waals surface area contributed by atoms with E-state index >= 15 is 0 Å². The van der Waals surface area contributed by atoms with E-state index in [1.807, 2.05) is 0 Å². The first-order valence-electron chi connectivity index (χ1n) is 15.3. The lowest BCUT2D eigenvalue weighted by Gasteiger charge is -2.13. The third-order valence-corrected chi connectivity index (χ3v) is 6.73. The van der Waals surface area contributed by atoms with Crippen molar-refractivity contribution in [3.05, 3.63) is 0 Å². The quantitative estimate of drug-likeness (QED) is 0.0753. The van der Waals surface area contributed by atoms with Crippen LogP contribution in [-0.4, -0.2) is 58.6 Å². The molecular formula is C30H56O8. The van der Waals surface area contributed by atoms with Gasteiger partial charge in [0.05, 0.1) is 6.42 Å². The Balaban J connectivity index is 3.36. The molecule has 0 saturated carbocycles. The second kappa shape index (κ2) is 26.9. The van der Waals surface area contributed by atoms with Gasteiger partial charge in [-0.15, -0.1) is 0 Å². The Labute approximate surface area is 230 Å². The molecule has 8 nitrogen and oxygen atoms in total. The molecule has 0 spiro atoms. The number of aliphatic hydroxyl groups excluding tert-OH is 2. The maximum atomic E-state index is 11.8. The fourth-order valence-electron chi connectivity index (χ4n) is 4.36. The van der Waals surface area contributed by atoms with Crippen LogP contribution in [-0.2, 0) is 23.9 Å². The van der Waals surface area contributed by atoms with E-state index in [2.05, 4.69) is 11.7 Å². The Morgan fingerprint density at radius 1 is 0.579 bits per heavy atom. The monoisotopic (exact) mass is 544 g/mol. The number of carbonyl (C=O) groups excluding carboxylic acids is 2. The van der Waals surface area contributed by atoms with Crippen LogP contribution >= 0.6 is 0 Å². The molecule has 2 atom stereocenters. The third kappa shape index (κ3) is 26.0. The summed E-state index contributed by atoms with van der Waals surface area (Å²) in [6.07, 6.45) is 22.5. The van der Waals surface area contributed by atoms with Gasteiger partial charge in [-0.1, -0.05) is 129 Å². The highest BCUT2D eigenvalue weighted by Crippen LogP contribution is 2.15. The first-order valence-corrected chi connectivity index (χ1v) is 15.3. The Bertz CT molecular complexity index is 581. The summed E-state index contributed by atoms with van der Waals surface area (Å²) >= 11 is 0. The number of esters is 2. The molecule has 0 amide bonds. The fraction of sp³-hybridized carbons (Fsp3) is 0.900. The van der Waals surface area contributed by atoms with Crippen molar-refractivity contribution in [3.63, 3.8) is 0 Å². The van der Waals surface area contributed by atoms with Crippen LogP contribution in [0.5, 0.6) is 0 Å². The van der Waals surface area contributed by atoms with Crippen LogP contribution in [0.25, 0.3) is 0 Å². The van der Waals surface area contributed by atoms with Gasteiger partial charge in [0, 0.05) is 6.42 Å². The molecule has 0 saturated heterocycles. The molecular weight excluding hydrogens is 488 g/mol. The van der Waals surface area contributed by atoms with Crippen molar-refractivity contribution in [3.8, 4) is 0 Å². The van der Waals surface area contributed by atoms with Gasteiger partial charge in [0.25, 0.3) is 0 Å². The number of ether oxygens (including phenoxy) is 2. The molecule has 8 heteroatoms. The van der Waals surface area contributed by atoms with Crippen molar-refractivity contribution >= 4 is 17.9 Å². The summed E-state index contributed by atoms with van der Waals surface area (Å²) in [4.78, 5) is 33.6. The minimum Gasteiger partial charge on any atom is -0.481 e. The zero-order valence-corrected chi connectivity index (χ0v) is 24.0. The number of rotatable bonds is 28. The number of unbranched alkanes of at least 4 members (excludes halogenated alkanes) is 19. The molecule has 0 aliphatic rings. The summed E-state index contributed by atoms with van der Waals surface area (Å²) < 4.78 is 9.58. The van der Waals surface area contributed by atoms with Crippen molar-refractivity contribution in [1.82, 2.24) is 0 Å². The molecule has 0 heterocycles. The van der Waals surface area contributed by atoms with Gasteiger partial charge in [-0.2, -0.15) is 0 Å². The number of hydrogen-bond acceptors (Lipinski definition) is 7. The van der Waals surface area contributed by atoms with Crippen molar-refractivity contribution in [2.24, 2.45) is 0 Å².